The molecule has 2 rings (SSSR count). The number of nitrogens with zero attached hydrogens (tertiary/aromatic N) is 2. The molecule has 1 aromatic heterocycles. The van der Waals surface area contributed by atoms with Gasteiger partial charge in [0.25, 0.3) is 0 Å². The zero-order valence-electron chi connectivity index (χ0n) is 13.2. The van der Waals surface area contributed by atoms with E-state index in [9.17, 15) is 9.59 Å². The first-order valence-electron chi connectivity index (χ1n) is 7.61. The number of carbonyl (C=O) groups excluding carboxylic acids is 1. The van der Waals surface area contributed by atoms with Gasteiger partial charge < -0.3 is 10.4 Å². The van der Waals surface area contributed by atoms with Gasteiger partial charge in [0.05, 0.1) is 11.8 Å². The second-order valence-electron chi connectivity index (χ2n) is 5.44. The van der Waals surface area contributed by atoms with E-state index in [0.29, 0.717) is 18.5 Å². The minimum absolute atomic E-state index is 0.0589. The smallest absolute Gasteiger partial charge is 0.335 e. The highest BCUT2D eigenvalue weighted by Crippen LogP contribution is 2.11. The lowest BCUT2D eigenvalue weighted by molar-refractivity contribution is -0.121. The first kappa shape index (κ1) is 16.7. The fourth-order valence-corrected chi connectivity index (χ4v) is 2.40. The predicted molar refractivity (Wildman–Crippen MR) is 86.3 cm³/mol. The van der Waals surface area contributed by atoms with Gasteiger partial charge in [-0.2, -0.15) is 5.10 Å². The summed E-state index contributed by atoms with van der Waals surface area (Å²) in [6, 6.07) is 6.78. The number of aryl methyl sites for hydroxylation is 3. The van der Waals surface area contributed by atoms with Crippen LogP contribution in [-0.4, -0.2) is 33.3 Å². The normalized spacial score (nSPS) is 10.5. The van der Waals surface area contributed by atoms with Crippen molar-refractivity contribution in [3.8, 4) is 0 Å². The van der Waals surface area contributed by atoms with Crippen LogP contribution in [0.25, 0.3) is 0 Å². The van der Waals surface area contributed by atoms with Crippen molar-refractivity contribution >= 4 is 11.9 Å². The number of carboxylic acid groups (broad SMARTS) is 1. The highest BCUT2D eigenvalue weighted by Gasteiger charge is 2.10. The fourth-order valence-electron chi connectivity index (χ4n) is 2.40. The van der Waals surface area contributed by atoms with Gasteiger partial charge in [0.15, 0.2) is 0 Å². The lowest BCUT2D eigenvalue weighted by Crippen LogP contribution is -2.25. The van der Waals surface area contributed by atoms with Crippen LogP contribution in [0.3, 0.4) is 0 Å². The molecule has 0 saturated carbocycles. The Morgan fingerprint density at radius 2 is 2.04 bits per heavy atom. The molecule has 0 aliphatic rings. The molecule has 122 valence electrons. The molecule has 1 aromatic carbocycles. The van der Waals surface area contributed by atoms with E-state index in [0.717, 1.165) is 18.4 Å². The number of hydrogen-bond acceptors (Lipinski definition) is 3. The lowest BCUT2D eigenvalue weighted by atomic mass is 10.0. The molecule has 0 aliphatic heterocycles. The second kappa shape index (κ2) is 8.12. The van der Waals surface area contributed by atoms with Gasteiger partial charge in [0.1, 0.15) is 0 Å². The van der Waals surface area contributed by atoms with Crippen molar-refractivity contribution in [1.82, 2.24) is 15.1 Å². The van der Waals surface area contributed by atoms with E-state index in [2.05, 4.69) is 10.4 Å². The molecular formula is C17H21N3O3. The van der Waals surface area contributed by atoms with Gasteiger partial charge in [0.2, 0.25) is 5.91 Å². The zero-order chi connectivity index (χ0) is 16.7. The van der Waals surface area contributed by atoms with Crippen molar-refractivity contribution in [3.05, 3.63) is 53.3 Å². The number of hydrogen-bond donors (Lipinski definition) is 2. The monoisotopic (exact) mass is 315 g/mol. The summed E-state index contributed by atoms with van der Waals surface area (Å²) < 4.78 is 1.76. The molecule has 1 amide bonds. The average molecular weight is 315 g/mol. The van der Waals surface area contributed by atoms with Crippen molar-refractivity contribution in [1.29, 1.82) is 0 Å². The average Bonchev–Trinajstić information content (AvgIpc) is 2.95. The fraction of sp³-hybridized carbons (Fsp3) is 0.353. The molecule has 0 fully saturated rings. The molecule has 1 heterocycles. The van der Waals surface area contributed by atoms with Gasteiger partial charge in [-0.25, -0.2) is 4.79 Å². The predicted octanol–water partition coefficient (Wildman–Crippen LogP) is 1.80. The number of carboxylic acids is 1. The maximum atomic E-state index is 11.8. The van der Waals surface area contributed by atoms with Gasteiger partial charge in [0, 0.05) is 26.2 Å². The van der Waals surface area contributed by atoms with Crippen LogP contribution in [0.2, 0.25) is 0 Å². The highest BCUT2D eigenvalue weighted by molar-refractivity contribution is 5.89. The number of amides is 1. The van der Waals surface area contributed by atoms with Crippen LogP contribution in [0.4, 0.5) is 0 Å². The molecule has 23 heavy (non-hydrogen) atoms. The lowest BCUT2D eigenvalue weighted by Gasteiger charge is -2.07. The minimum atomic E-state index is -0.961. The standard InChI is InChI=1S/C17H21N3O3/c1-20-12-13(11-19-20)5-4-10-18-16(21)9-8-14-6-2-3-7-15(14)17(22)23/h2-3,6-7,11-12H,4-5,8-10H2,1H3,(H,18,21)(H,22,23). The molecule has 2 N–H and O–H groups in total. The number of benzene rings is 1. The number of nitrogens with one attached hydrogen (secondary N) is 1. The molecule has 0 bridgehead atoms. The van der Waals surface area contributed by atoms with E-state index in [-0.39, 0.29) is 17.9 Å². The van der Waals surface area contributed by atoms with Gasteiger partial charge >= 0.3 is 5.97 Å². The molecule has 0 unspecified atom stereocenters. The van der Waals surface area contributed by atoms with E-state index in [1.165, 1.54) is 0 Å². The summed E-state index contributed by atoms with van der Waals surface area (Å²) in [6.07, 6.45) is 6.22. The Balaban J connectivity index is 1.70. The van der Waals surface area contributed by atoms with E-state index >= 15 is 0 Å². The van der Waals surface area contributed by atoms with Crippen LogP contribution in [0.1, 0.15) is 34.3 Å². The Kier molecular flexibility index (Phi) is 5.91. The molecule has 0 saturated heterocycles. The molecule has 0 radical (unpaired) electrons. The van der Waals surface area contributed by atoms with Crippen molar-refractivity contribution < 1.29 is 14.7 Å². The molecule has 6 heteroatoms. The minimum Gasteiger partial charge on any atom is -0.478 e. The first-order valence-corrected chi connectivity index (χ1v) is 7.61. The molecule has 0 aliphatic carbocycles. The third kappa shape index (κ3) is 5.25. The molecule has 6 nitrogen and oxygen atoms in total. The third-order valence-electron chi connectivity index (χ3n) is 3.59. The summed E-state index contributed by atoms with van der Waals surface area (Å²) in [4.78, 5) is 22.9. The van der Waals surface area contributed by atoms with Gasteiger partial charge in [-0.3, -0.25) is 9.48 Å². The van der Waals surface area contributed by atoms with Crippen LogP contribution >= 0.6 is 0 Å². The topological polar surface area (TPSA) is 84.2 Å². The van der Waals surface area contributed by atoms with E-state index < -0.39 is 5.97 Å². The summed E-state index contributed by atoms with van der Waals surface area (Å²) in [5.41, 5.74) is 2.10. The largest absolute Gasteiger partial charge is 0.478 e. The quantitative estimate of drug-likeness (QED) is 0.728. The number of carbonyl (C=O) groups is 2. The van der Waals surface area contributed by atoms with Crippen LogP contribution in [0.5, 0.6) is 0 Å². The van der Waals surface area contributed by atoms with Crippen LogP contribution in [-0.2, 0) is 24.7 Å². The van der Waals surface area contributed by atoms with Crippen molar-refractivity contribution in [2.24, 2.45) is 7.05 Å². The van der Waals surface area contributed by atoms with Gasteiger partial charge in [-0.1, -0.05) is 18.2 Å². The Hall–Kier alpha value is -2.63. The summed E-state index contributed by atoms with van der Waals surface area (Å²) in [6.45, 7) is 0.605. The maximum Gasteiger partial charge on any atom is 0.335 e. The Morgan fingerprint density at radius 1 is 1.26 bits per heavy atom. The molecule has 0 atom stereocenters. The zero-order valence-corrected chi connectivity index (χ0v) is 13.2. The summed E-state index contributed by atoms with van der Waals surface area (Å²) in [5.74, 6) is -1.02. The van der Waals surface area contributed by atoms with E-state index in [1.54, 1.807) is 28.9 Å². The first-order chi connectivity index (χ1) is 11.1. The van der Waals surface area contributed by atoms with Crippen LogP contribution in [0, 0.1) is 0 Å². The van der Waals surface area contributed by atoms with E-state index in [4.69, 9.17) is 5.11 Å². The number of aromatic nitrogens is 2. The van der Waals surface area contributed by atoms with Crippen molar-refractivity contribution in [3.63, 3.8) is 0 Å². The Labute approximate surface area is 135 Å². The molecule has 2 aromatic rings. The van der Waals surface area contributed by atoms with Crippen molar-refractivity contribution in [2.75, 3.05) is 6.54 Å². The van der Waals surface area contributed by atoms with Crippen molar-refractivity contribution in [2.45, 2.75) is 25.7 Å². The second-order valence-corrected chi connectivity index (χ2v) is 5.44. The Bertz CT molecular complexity index is 679. The maximum absolute atomic E-state index is 11.8. The summed E-state index contributed by atoms with van der Waals surface area (Å²) in [5, 5.41) is 16.1. The van der Waals surface area contributed by atoms with Gasteiger partial charge in [-0.15, -0.1) is 0 Å². The van der Waals surface area contributed by atoms with Crippen LogP contribution < -0.4 is 5.32 Å². The Morgan fingerprint density at radius 3 is 2.74 bits per heavy atom. The number of aromatic carboxylic acids is 1. The summed E-state index contributed by atoms with van der Waals surface area (Å²) in [7, 11) is 1.88. The summed E-state index contributed by atoms with van der Waals surface area (Å²) >= 11 is 0. The van der Waals surface area contributed by atoms with Gasteiger partial charge in [-0.05, 0) is 36.5 Å². The molecule has 0 spiro atoms. The highest BCUT2D eigenvalue weighted by atomic mass is 16.4. The SMILES string of the molecule is Cn1cc(CCCNC(=O)CCc2ccccc2C(=O)O)cn1. The van der Waals surface area contributed by atoms with Crippen LogP contribution in [0.15, 0.2) is 36.7 Å². The number of rotatable bonds is 8. The third-order valence-corrected chi connectivity index (χ3v) is 3.59. The molecular weight excluding hydrogens is 294 g/mol. The van der Waals surface area contributed by atoms with E-state index in [1.807, 2.05) is 19.4 Å².